The molecule has 1 amide bonds. The number of nitrogens with zero attached hydrogens (tertiary/aromatic N) is 2. The van der Waals surface area contributed by atoms with E-state index in [1.807, 2.05) is 0 Å². The Morgan fingerprint density at radius 1 is 1.26 bits per heavy atom. The second-order valence-electron chi connectivity index (χ2n) is 4.85. The molecule has 3 rings (SSSR count). The van der Waals surface area contributed by atoms with Gasteiger partial charge >= 0.3 is 0 Å². The summed E-state index contributed by atoms with van der Waals surface area (Å²) in [6.07, 6.45) is 2.23. The number of thioether (sulfide) groups is 1. The second kappa shape index (κ2) is 6.75. The lowest BCUT2D eigenvalue weighted by Gasteiger charge is -2.06. The topological polar surface area (TPSA) is 66.9 Å². The number of benzene rings is 1. The van der Waals surface area contributed by atoms with Crippen molar-refractivity contribution in [2.75, 3.05) is 16.4 Å². The molecule has 1 aromatic carbocycles. The SMILES string of the molecule is O=C(CSc1nnc(NC2CC2)s1)Nc1ccc(F)c(F)c1F. The predicted molar refractivity (Wildman–Crippen MR) is 82.2 cm³/mol. The van der Waals surface area contributed by atoms with Crippen LogP contribution in [0.25, 0.3) is 0 Å². The van der Waals surface area contributed by atoms with E-state index in [1.165, 1.54) is 11.3 Å². The largest absolute Gasteiger partial charge is 0.357 e. The predicted octanol–water partition coefficient (Wildman–Crippen LogP) is 3.26. The van der Waals surface area contributed by atoms with Crippen molar-refractivity contribution in [1.82, 2.24) is 10.2 Å². The highest BCUT2D eigenvalue weighted by Crippen LogP contribution is 2.30. The number of aromatic nitrogens is 2. The van der Waals surface area contributed by atoms with Gasteiger partial charge < -0.3 is 10.6 Å². The number of nitrogens with one attached hydrogen (secondary N) is 2. The third-order valence-corrected chi connectivity index (χ3v) is 4.94. The number of rotatable bonds is 6. The maximum absolute atomic E-state index is 13.5. The zero-order valence-electron chi connectivity index (χ0n) is 11.6. The highest BCUT2D eigenvalue weighted by Gasteiger charge is 2.22. The van der Waals surface area contributed by atoms with Crippen molar-refractivity contribution in [2.45, 2.75) is 23.2 Å². The molecule has 0 saturated heterocycles. The molecule has 1 aliphatic carbocycles. The third-order valence-electron chi connectivity index (χ3n) is 2.95. The van der Waals surface area contributed by atoms with E-state index in [2.05, 4.69) is 20.8 Å². The first-order valence-electron chi connectivity index (χ1n) is 6.69. The van der Waals surface area contributed by atoms with E-state index in [9.17, 15) is 18.0 Å². The molecule has 1 heterocycles. The molecule has 2 N–H and O–H groups in total. The quantitative estimate of drug-likeness (QED) is 0.611. The molecular formula is C13H11F3N4OS2. The van der Waals surface area contributed by atoms with E-state index in [-0.39, 0.29) is 5.75 Å². The van der Waals surface area contributed by atoms with Crippen molar-refractivity contribution in [3.63, 3.8) is 0 Å². The van der Waals surface area contributed by atoms with Crippen molar-refractivity contribution in [3.05, 3.63) is 29.6 Å². The number of amides is 1. The summed E-state index contributed by atoms with van der Waals surface area (Å²) in [5.74, 6) is -4.94. The molecule has 0 spiro atoms. The minimum Gasteiger partial charge on any atom is -0.357 e. The summed E-state index contributed by atoms with van der Waals surface area (Å²) in [5.41, 5.74) is -0.400. The van der Waals surface area contributed by atoms with Crippen LogP contribution in [0.1, 0.15) is 12.8 Å². The van der Waals surface area contributed by atoms with Crippen molar-refractivity contribution in [1.29, 1.82) is 0 Å². The highest BCUT2D eigenvalue weighted by molar-refractivity contribution is 8.01. The Morgan fingerprint density at radius 3 is 2.78 bits per heavy atom. The van der Waals surface area contributed by atoms with Crippen LogP contribution in [0.4, 0.5) is 24.0 Å². The lowest BCUT2D eigenvalue weighted by molar-refractivity contribution is -0.113. The summed E-state index contributed by atoms with van der Waals surface area (Å²) in [5, 5.41) is 14.0. The number of hydrogen-bond donors (Lipinski definition) is 2. The smallest absolute Gasteiger partial charge is 0.234 e. The van der Waals surface area contributed by atoms with Gasteiger partial charge in [0.1, 0.15) is 0 Å². The molecule has 0 aliphatic heterocycles. The molecule has 23 heavy (non-hydrogen) atoms. The monoisotopic (exact) mass is 360 g/mol. The standard InChI is InChI=1S/C13H11F3N4OS2/c14-7-3-4-8(11(16)10(7)15)18-9(21)5-22-13-20-19-12(23-13)17-6-1-2-6/h3-4,6H,1-2,5H2,(H,17,19)(H,18,21). The van der Waals surface area contributed by atoms with Crippen LogP contribution < -0.4 is 10.6 Å². The Bertz CT molecular complexity index is 736. The second-order valence-corrected chi connectivity index (χ2v) is 7.05. The Balaban J connectivity index is 1.53. The maximum Gasteiger partial charge on any atom is 0.234 e. The maximum atomic E-state index is 13.5. The molecule has 5 nitrogen and oxygen atoms in total. The number of carbonyl (C=O) groups is 1. The van der Waals surface area contributed by atoms with Crippen LogP contribution in [0.2, 0.25) is 0 Å². The van der Waals surface area contributed by atoms with E-state index in [0.29, 0.717) is 15.5 Å². The first kappa shape index (κ1) is 16.1. The molecule has 10 heteroatoms. The molecule has 1 fully saturated rings. The average Bonchev–Trinajstić information content (AvgIpc) is 3.23. The minimum absolute atomic E-state index is 0.0451. The fourth-order valence-electron chi connectivity index (χ4n) is 1.66. The van der Waals surface area contributed by atoms with Gasteiger partial charge in [0.2, 0.25) is 11.0 Å². The van der Waals surface area contributed by atoms with Gasteiger partial charge in [-0.1, -0.05) is 23.1 Å². The number of hydrogen-bond acceptors (Lipinski definition) is 6. The fraction of sp³-hybridized carbons (Fsp3) is 0.308. The van der Waals surface area contributed by atoms with Gasteiger partial charge in [-0.3, -0.25) is 4.79 Å². The molecule has 1 aromatic heterocycles. The van der Waals surface area contributed by atoms with Crippen molar-refractivity contribution in [2.24, 2.45) is 0 Å². The lowest BCUT2D eigenvalue weighted by Crippen LogP contribution is -2.15. The molecule has 0 bridgehead atoms. The minimum atomic E-state index is -1.62. The van der Waals surface area contributed by atoms with Crippen molar-refractivity contribution in [3.8, 4) is 0 Å². The fourth-order valence-corrected chi connectivity index (χ4v) is 3.29. The van der Waals surface area contributed by atoms with Crippen LogP contribution in [0.3, 0.4) is 0 Å². The van der Waals surface area contributed by atoms with Gasteiger partial charge in [-0.05, 0) is 25.0 Å². The number of halogens is 3. The van der Waals surface area contributed by atoms with Crippen LogP contribution in [0.15, 0.2) is 16.5 Å². The summed E-state index contributed by atoms with van der Waals surface area (Å²) >= 11 is 2.45. The first-order valence-corrected chi connectivity index (χ1v) is 8.49. The van der Waals surface area contributed by atoms with Gasteiger partial charge in [0.25, 0.3) is 0 Å². The van der Waals surface area contributed by atoms with Gasteiger partial charge in [-0.25, -0.2) is 13.2 Å². The first-order chi connectivity index (χ1) is 11.0. The lowest BCUT2D eigenvalue weighted by atomic mass is 10.3. The molecule has 0 radical (unpaired) electrons. The molecule has 0 atom stereocenters. The van der Waals surface area contributed by atoms with E-state index >= 15 is 0 Å². The zero-order chi connectivity index (χ0) is 16.4. The molecule has 0 unspecified atom stereocenters. The van der Waals surface area contributed by atoms with Crippen molar-refractivity contribution < 1.29 is 18.0 Å². The van der Waals surface area contributed by atoms with E-state index in [4.69, 9.17) is 0 Å². The number of anilines is 2. The zero-order valence-corrected chi connectivity index (χ0v) is 13.2. The van der Waals surface area contributed by atoms with Crippen molar-refractivity contribution >= 4 is 39.8 Å². The molecule has 1 saturated carbocycles. The summed E-state index contributed by atoms with van der Waals surface area (Å²) in [6.45, 7) is 0. The van der Waals surface area contributed by atoms with Gasteiger partial charge in [-0.15, -0.1) is 10.2 Å². The molecular weight excluding hydrogens is 349 g/mol. The van der Waals surface area contributed by atoms with Gasteiger partial charge in [0.15, 0.2) is 21.8 Å². The number of carbonyl (C=O) groups excluding carboxylic acids is 1. The van der Waals surface area contributed by atoms with E-state index in [0.717, 1.165) is 36.7 Å². The summed E-state index contributed by atoms with van der Waals surface area (Å²) in [7, 11) is 0. The van der Waals surface area contributed by atoms with E-state index in [1.54, 1.807) is 0 Å². The Hall–Kier alpha value is -1.81. The van der Waals surface area contributed by atoms with Crippen LogP contribution in [-0.2, 0) is 4.79 Å². The molecule has 122 valence electrons. The normalized spacial score (nSPS) is 13.9. The Morgan fingerprint density at radius 2 is 2.04 bits per heavy atom. The van der Waals surface area contributed by atoms with Crippen LogP contribution in [-0.4, -0.2) is 27.9 Å². The summed E-state index contributed by atoms with van der Waals surface area (Å²) < 4.78 is 39.9. The Kier molecular flexibility index (Phi) is 4.71. The van der Waals surface area contributed by atoms with Crippen LogP contribution >= 0.6 is 23.1 Å². The third kappa shape index (κ3) is 4.14. The van der Waals surface area contributed by atoms with Gasteiger partial charge in [-0.2, -0.15) is 0 Å². The molecule has 2 aromatic rings. The van der Waals surface area contributed by atoms with Crippen LogP contribution in [0, 0.1) is 17.5 Å². The average molecular weight is 360 g/mol. The highest BCUT2D eigenvalue weighted by atomic mass is 32.2. The van der Waals surface area contributed by atoms with Crippen LogP contribution in [0.5, 0.6) is 0 Å². The Labute approximate surface area is 137 Å². The summed E-state index contributed by atoms with van der Waals surface area (Å²) in [6, 6.07) is 2.18. The van der Waals surface area contributed by atoms with Gasteiger partial charge in [0, 0.05) is 6.04 Å². The van der Waals surface area contributed by atoms with E-state index < -0.39 is 29.0 Å². The van der Waals surface area contributed by atoms with Gasteiger partial charge in [0.05, 0.1) is 11.4 Å². The molecule has 1 aliphatic rings. The summed E-state index contributed by atoms with van der Waals surface area (Å²) in [4.78, 5) is 11.8.